The average molecular weight is 410 g/mol. The minimum absolute atomic E-state index is 0.267. The number of amides is 2. The lowest BCUT2D eigenvalue weighted by atomic mass is 10.0. The molecule has 9 nitrogen and oxygen atoms in total. The van der Waals surface area contributed by atoms with Gasteiger partial charge in [0.2, 0.25) is 11.7 Å². The van der Waals surface area contributed by atoms with Crippen LogP contribution in [0, 0.1) is 5.92 Å². The number of urea groups is 1. The fourth-order valence-corrected chi connectivity index (χ4v) is 2.68. The Morgan fingerprint density at radius 3 is 2.78 bits per heavy atom. The zero-order valence-corrected chi connectivity index (χ0v) is 16.0. The highest BCUT2D eigenvalue weighted by molar-refractivity contribution is 6.42. The third-order valence-corrected chi connectivity index (χ3v) is 4.30. The third-order valence-electron chi connectivity index (χ3n) is 3.56. The number of halogens is 2. The summed E-state index contributed by atoms with van der Waals surface area (Å²) in [7, 11) is 0. The van der Waals surface area contributed by atoms with Crippen LogP contribution in [0.1, 0.15) is 32.2 Å². The fraction of sp³-hybridized carbons (Fsp3) is 0.312. The van der Waals surface area contributed by atoms with Crippen LogP contribution in [0.15, 0.2) is 29.0 Å². The van der Waals surface area contributed by atoms with E-state index in [1.54, 1.807) is 18.2 Å². The van der Waals surface area contributed by atoms with Gasteiger partial charge in [-0.1, -0.05) is 42.2 Å². The number of rotatable bonds is 6. The van der Waals surface area contributed by atoms with E-state index in [9.17, 15) is 4.79 Å². The molecule has 27 heavy (non-hydrogen) atoms. The number of carbonyl (C=O) groups is 1. The van der Waals surface area contributed by atoms with Gasteiger partial charge in [0.15, 0.2) is 5.82 Å². The highest BCUT2D eigenvalue weighted by atomic mass is 35.5. The monoisotopic (exact) mass is 409 g/mol. The minimum atomic E-state index is -0.475. The molecule has 0 saturated heterocycles. The molecule has 0 aliphatic carbocycles. The third kappa shape index (κ3) is 4.95. The fourth-order valence-electron chi connectivity index (χ4n) is 2.38. The molecule has 1 aromatic carbocycles. The molecule has 2 heterocycles. The summed E-state index contributed by atoms with van der Waals surface area (Å²) in [6.07, 6.45) is 1.95. The van der Waals surface area contributed by atoms with Crippen molar-refractivity contribution in [1.29, 1.82) is 0 Å². The highest BCUT2D eigenvalue weighted by Gasteiger charge is 2.23. The second-order valence-corrected chi connectivity index (χ2v) is 7.01. The number of H-pyrrole nitrogens is 1. The van der Waals surface area contributed by atoms with Gasteiger partial charge in [-0.2, -0.15) is 10.1 Å². The maximum absolute atomic E-state index is 12.4. The Balaban J connectivity index is 1.72. The first-order valence-corrected chi connectivity index (χ1v) is 8.90. The van der Waals surface area contributed by atoms with Crippen molar-refractivity contribution < 1.29 is 9.32 Å². The standard InChI is InChI=1S/C16H17Cl2N7O2/c1-8(2)5-12(15-23-14(25-27-15)13-19-7-20-24-13)22-16(26)21-9-3-4-10(17)11(18)6-9/h3-4,6-8,12H,5H2,1-2H3,(H,19,20,24)(H2,21,22,26). The summed E-state index contributed by atoms with van der Waals surface area (Å²) in [4.78, 5) is 20.7. The zero-order valence-electron chi connectivity index (χ0n) is 14.5. The van der Waals surface area contributed by atoms with Gasteiger partial charge in [0, 0.05) is 5.69 Å². The average Bonchev–Trinajstić information content (AvgIpc) is 3.28. The molecule has 0 fully saturated rings. The number of nitrogens with zero attached hydrogens (tertiary/aromatic N) is 4. The molecule has 3 N–H and O–H groups in total. The number of anilines is 1. The number of carbonyl (C=O) groups excluding carboxylic acids is 1. The molecule has 0 aliphatic heterocycles. The summed E-state index contributed by atoms with van der Waals surface area (Å²) in [6, 6.07) is 3.91. The van der Waals surface area contributed by atoms with Gasteiger partial charge in [-0.05, 0) is 30.5 Å². The first-order chi connectivity index (χ1) is 12.9. The van der Waals surface area contributed by atoms with Crippen LogP contribution in [0.2, 0.25) is 10.0 Å². The van der Waals surface area contributed by atoms with Crippen LogP contribution in [-0.2, 0) is 0 Å². The molecule has 0 spiro atoms. The van der Waals surface area contributed by atoms with Crippen LogP contribution in [0.5, 0.6) is 0 Å². The molecule has 2 aromatic heterocycles. The van der Waals surface area contributed by atoms with Crippen LogP contribution in [-0.4, -0.2) is 31.4 Å². The van der Waals surface area contributed by atoms with E-state index in [0.29, 0.717) is 28.0 Å². The minimum Gasteiger partial charge on any atom is -0.337 e. The summed E-state index contributed by atoms with van der Waals surface area (Å²) in [5, 5.41) is 16.6. The summed E-state index contributed by atoms with van der Waals surface area (Å²) < 4.78 is 5.31. The van der Waals surface area contributed by atoms with E-state index < -0.39 is 12.1 Å². The van der Waals surface area contributed by atoms with Crippen molar-refractivity contribution in [2.75, 3.05) is 5.32 Å². The van der Waals surface area contributed by atoms with Crippen molar-refractivity contribution in [3.8, 4) is 11.6 Å². The van der Waals surface area contributed by atoms with Gasteiger partial charge in [-0.25, -0.2) is 9.78 Å². The van der Waals surface area contributed by atoms with Crippen LogP contribution in [0.4, 0.5) is 10.5 Å². The molecule has 1 unspecified atom stereocenters. The normalized spacial score (nSPS) is 12.2. The van der Waals surface area contributed by atoms with Gasteiger partial charge in [0.1, 0.15) is 12.4 Å². The number of benzene rings is 1. The SMILES string of the molecule is CC(C)CC(NC(=O)Nc1ccc(Cl)c(Cl)c1)c1nc(-c2ncn[nH]2)no1. The predicted octanol–water partition coefficient (Wildman–Crippen LogP) is 4.07. The molecule has 0 aliphatic rings. The number of aromatic amines is 1. The molecule has 3 aromatic rings. The molecule has 0 radical (unpaired) electrons. The Hall–Kier alpha value is -2.65. The second-order valence-electron chi connectivity index (χ2n) is 6.20. The van der Waals surface area contributed by atoms with E-state index in [0.717, 1.165) is 0 Å². The number of hydrogen-bond donors (Lipinski definition) is 3. The van der Waals surface area contributed by atoms with E-state index in [1.165, 1.54) is 6.33 Å². The molecule has 142 valence electrons. The molecular weight excluding hydrogens is 393 g/mol. The maximum Gasteiger partial charge on any atom is 0.319 e. The van der Waals surface area contributed by atoms with Crippen LogP contribution >= 0.6 is 23.2 Å². The Kier molecular flexibility index (Phi) is 5.92. The number of hydrogen-bond acceptors (Lipinski definition) is 6. The Bertz CT molecular complexity index is 911. The highest BCUT2D eigenvalue weighted by Crippen LogP contribution is 2.26. The molecule has 2 amide bonds. The van der Waals surface area contributed by atoms with E-state index in [1.807, 2.05) is 13.8 Å². The molecule has 11 heteroatoms. The van der Waals surface area contributed by atoms with Crippen LogP contribution in [0.25, 0.3) is 11.6 Å². The quantitative estimate of drug-likeness (QED) is 0.563. The molecule has 0 saturated carbocycles. The molecule has 3 rings (SSSR count). The summed E-state index contributed by atoms with van der Waals surface area (Å²) in [5.41, 5.74) is 0.512. The van der Waals surface area contributed by atoms with Gasteiger partial charge in [-0.3, -0.25) is 5.10 Å². The Labute approximate surface area is 164 Å². The second kappa shape index (κ2) is 8.36. The predicted molar refractivity (Wildman–Crippen MR) is 100 cm³/mol. The first kappa shape index (κ1) is 19.1. The van der Waals surface area contributed by atoms with Crippen molar-refractivity contribution in [2.45, 2.75) is 26.3 Å². The summed E-state index contributed by atoms with van der Waals surface area (Å²) in [6.45, 7) is 4.05. The van der Waals surface area contributed by atoms with Gasteiger partial charge in [-0.15, -0.1) is 0 Å². The van der Waals surface area contributed by atoms with E-state index in [4.69, 9.17) is 27.7 Å². The molecular formula is C16H17Cl2N7O2. The first-order valence-electron chi connectivity index (χ1n) is 8.14. The Morgan fingerprint density at radius 2 is 2.11 bits per heavy atom. The van der Waals surface area contributed by atoms with E-state index in [2.05, 4.69) is 36.0 Å². The lowest BCUT2D eigenvalue weighted by Gasteiger charge is -2.17. The van der Waals surface area contributed by atoms with E-state index in [-0.39, 0.29) is 17.6 Å². The van der Waals surface area contributed by atoms with Gasteiger partial charge >= 0.3 is 6.03 Å². The number of aromatic nitrogens is 5. The zero-order chi connectivity index (χ0) is 19.4. The molecule has 0 bridgehead atoms. The largest absolute Gasteiger partial charge is 0.337 e. The van der Waals surface area contributed by atoms with Crippen LogP contribution < -0.4 is 10.6 Å². The van der Waals surface area contributed by atoms with Crippen molar-refractivity contribution in [3.05, 3.63) is 40.5 Å². The van der Waals surface area contributed by atoms with Crippen molar-refractivity contribution >= 4 is 34.9 Å². The number of nitrogens with one attached hydrogen (secondary N) is 3. The van der Waals surface area contributed by atoms with Crippen molar-refractivity contribution in [1.82, 2.24) is 30.6 Å². The van der Waals surface area contributed by atoms with Gasteiger partial charge in [0.05, 0.1) is 10.0 Å². The van der Waals surface area contributed by atoms with E-state index >= 15 is 0 Å². The summed E-state index contributed by atoms with van der Waals surface area (Å²) in [5.74, 6) is 1.21. The molecule has 1 atom stereocenters. The van der Waals surface area contributed by atoms with Crippen LogP contribution in [0.3, 0.4) is 0 Å². The summed E-state index contributed by atoms with van der Waals surface area (Å²) >= 11 is 11.9. The van der Waals surface area contributed by atoms with Gasteiger partial charge in [0.25, 0.3) is 0 Å². The maximum atomic E-state index is 12.4. The van der Waals surface area contributed by atoms with Crippen molar-refractivity contribution in [3.63, 3.8) is 0 Å². The van der Waals surface area contributed by atoms with Gasteiger partial charge < -0.3 is 15.2 Å². The topological polar surface area (TPSA) is 122 Å². The Morgan fingerprint density at radius 1 is 1.30 bits per heavy atom. The van der Waals surface area contributed by atoms with Crippen molar-refractivity contribution in [2.24, 2.45) is 5.92 Å². The lowest BCUT2D eigenvalue weighted by molar-refractivity contribution is 0.240. The lowest BCUT2D eigenvalue weighted by Crippen LogP contribution is -2.33. The smallest absolute Gasteiger partial charge is 0.319 e.